The van der Waals surface area contributed by atoms with E-state index in [2.05, 4.69) is 10.3 Å². The summed E-state index contributed by atoms with van der Waals surface area (Å²) in [6.45, 7) is 1.87. The largest absolute Gasteiger partial charge is 0.495 e. The van der Waals surface area contributed by atoms with Gasteiger partial charge in [-0.1, -0.05) is 29.3 Å². The Bertz CT molecular complexity index is 1110. The van der Waals surface area contributed by atoms with E-state index < -0.39 is 15.7 Å². The lowest BCUT2D eigenvalue weighted by Gasteiger charge is -2.11. The number of anilines is 1. The zero-order chi connectivity index (χ0) is 20.3. The first-order valence-corrected chi connectivity index (χ1v) is 10.1. The fourth-order valence-corrected chi connectivity index (χ4v) is 3.83. The van der Waals surface area contributed by atoms with E-state index in [0.717, 1.165) is 5.56 Å². The number of methoxy groups -OCH3 is 1. The zero-order valence-electron chi connectivity index (χ0n) is 15.1. The molecule has 0 spiro atoms. The number of hydrogen-bond donors (Lipinski definition) is 1. The summed E-state index contributed by atoms with van der Waals surface area (Å²) in [5.74, 6) is -0.0170. The maximum atomic E-state index is 12.6. The normalized spacial score (nSPS) is 11.1. The average Bonchev–Trinajstić information content (AvgIpc) is 2.68. The van der Waals surface area contributed by atoms with Crippen molar-refractivity contribution in [1.29, 1.82) is 0 Å². The van der Waals surface area contributed by atoms with E-state index in [-0.39, 0.29) is 15.5 Å². The molecule has 0 aliphatic heterocycles. The van der Waals surface area contributed by atoms with Crippen molar-refractivity contribution in [2.45, 2.75) is 16.8 Å². The number of carbonyl (C=O) groups is 1. The van der Waals surface area contributed by atoms with Crippen LogP contribution in [0, 0.1) is 6.92 Å². The molecule has 0 radical (unpaired) electrons. The molecule has 3 aromatic rings. The highest BCUT2D eigenvalue weighted by Crippen LogP contribution is 2.28. The van der Waals surface area contributed by atoms with Gasteiger partial charge in [0.05, 0.1) is 23.3 Å². The summed E-state index contributed by atoms with van der Waals surface area (Å²) in [5, 5.41) is 2.98. The number of aromatic nitrogens is 1. The third-order valence-corrected chi connectivity index (χ3v) is 5.93. The summed E-state index contributed by atoms with van der Waals surface area (Å²) >= 11 is 5.96. The number of hydrogen-bond acceptors (Lipinski definition) is 5. The van der Waals surface area contributed by atoms with Gasteiger partial charge < -0.3 is 10.1 Å². The van der Waals surface area contributed by atoms with Crippen LogP contribution in [0.5, 0.6) is 5.75 Å². The lowest BCUT2D eigenvalue weighted by atomic mass is 10.2. The molecule has 28 heavy (non-hydrogen) atoms. The molecule has 0 bridgehead atoms. The minimum atomic E-state index is -3.75. The van der Waals surface area contributed by atoms with Crippen molar-refractivity contribution < 1.29 is 17.9 Å². The van der Waals surface area contributed by atoms with Crippen LogP contribution in [0.15, 0.2) is 70.7 Å². The highest BCUT2D eigenvalue weighted by atomic mass is 35.5. The minimum absolute atomic E-state index is 0.131. The second-order valence-corrected chi connectivity index (χ2v) is 8.33. The Hall–Kier alpha value is -2.90. The first kappa shape index (κ1) is 19.9. The van der Waals surface area contributed by atoms with Crippen molar-refractivity contribution in [3.8, 4) is 5.75 Å². The van der Waals surface area contributed by atoms with Gasteiger partial charge in [-0.25, -0.2) is 13.4 Å². The van der Waals surface area contributed by atoms with Gasteiger partial charge in [0.25, 0.3) is 5.91 Å². The second-order valence-electron chi connectivity index (χ2n) is 6.00. The molecule has 6 nitrogen and oxygen atoms in total. The highest BCUT2D eigenvalue weighted by molar-refractivity contribution is 7.91. The van der Waals surface area contributed by atoms with E-state index in [1.807, 2.05) is 6.92 Å². The number of amides is 1. The van der Waals surface area contributed by atoms with Gasteiger partial charge in [-0.05, 0) is 49.4 Å². The quantitative estimate of drug-likeness (QED) is 0.675. The number of rotatable bonds is 5. The van der Waals surface area contributed by atoms with Crippen LogP contribution < -0.4 is 10.1 Å². The van der Waals surface area contributed by atoms with Gasteiger partial charge in [0, 0.05) is 11.2 Å². The van der Waals surface area contributed by atoms with E-state index in [1.165, 1.54) is 37.6 Å². The van der Waals surface area contributed by atoms with Crippen LogP contribution in [0.4, 0.5) is 5.69 Å². The van der Waals surface area contributed by atoms with Gasteiger partial charge in [-0.2, -0.15) is 0 Å². The van der Waals surface area contributed by atoms with Crippen LogP contribution in [0.3, 0.4) is 0 Å². The number of aryl methyl sites for hydroxylation is 1. The van der Waals surface area contributed by atoms with E-state index in [0.29, 0.717) is 16.5 Å². The molecule has 0 aliphatic rings. The molecule has 1 amide bonds. The Morgan fingerprint density at radius 1 is 1.07 bits per heavy atom. The topological polar surface area (TPSA) is 85.4 Å². The van der Waals surface area contributed by atoms with Crippen LogP contribution >= 0.6 is 11.6 Å². The molecule has 144 valence electrons. The molecule has 1 aromatic heterocycles. The predicted octanol–water partition coefficient (Wildman–Crippen LogP) is 4.14. The number of nitrogens with zero attached hydrogens (tertiary/aromatic N) is 1. The minimum Gasteiger partial charge on any atom is -0.495 e. The van der Waals surface area contributed by atoms with E-state index in [9.17, 15) is 13.2 Å². The lowest BCUT2D eigenvalue weighted by molar-refractivity contribution is 0.102. The molecule has 0 saturated heterocycles. The molecule has 0 saturated carbocycles. The molecular formula is C20H17ClN2O4S. The summed E-state index contributed by atoms with van der Waals surface area (Å²) in [5.41, 5.74) is 1.55. The molecule has 0 fully saturated rings. The van der Waals surface area contributed by atoms with E-state index >= 15 is 0 Å². The Morgan fingerprint density at radius 2 is 1.79 bits per heavy atom. The third-order valence-electron chi connectivity index (χ3n) is 4.01. The second kappa shape index (κ2) is 8.00. The van der Waals surface area contributed by atoms with Crippen molar-refractivity contribution in [2.75, 3.05) is 12.4 Å². The van der Waals surface area contributed by atoms with Crippen LogP contribution in [0.1, 0.15) is 15.9 Å². The number of halogens is 1. The van der Waals surface area contributed by atoms with Crippen molar-refractivity contribution in [3.63, 3.8) is 0 Å². The maximum Gasteiger partial charge on any atom is 0.257 e. The number of benzene rings is 2. The standard InChI is InChI=1S/C20H17ClN2O4S/c1-13-3-7-16(8-4-13)28(25,26)19-10-5-14(12-22-19)20(24)23-17-11-15(21)6-9-18(17)27-2/h3-12H,1-2H3,(H,23,24). The monoisotopic (exact) mass is 416 g/mol. The SMILES string of the molecule is COc1ccc(Cl)cc1NC(=O)c1ccc(S(=O)(=O)c2ccc(C)cc2)nc1. The Labute approximate surface area is 168 Å². The van der Waals surface area contributed by atoms with Gasteiger partial charge in [-0.3, -0.25) is 4.79 Å². The smallest absolute Gasteiger partial charge is 0.257 e. The van der Waals surface area contributed by atoms with Crippen molar-refractivity contribution in [2.24, 2.45) is 0 Å². The molecule has 1 heterocycles. The third kappa shape index (κ3) is 4.16. The highest BCUT2D eigenvalue weighted by Gasteiger charge is 2.20. The number of carbonyl (C=O) groups excluding carboxylic acids is 1. The van der Waals surface area contributed by atoms with Gasteiger partial charge in [0.2, 0.25) is 9.84 Å². The first-order valence-electron chi connectivity index (χ1n) is 8.24. The van der Waals surface area contributed by atoms with Crippen LogP contribution in [0.2, 0.25) is 5.02 Å². The summed E-state index contributed by atoms with van der Waals surface area (Å²) in [7, 11) is -2.28. The zero-order valence-corrected chi connectivity index (χ0v) is 16.7. The van der Waals surface area contributed by atoms with Crippen molar-refractivity contribution in [3.05, 3.63) is 76.9 Å². The number of ether oxygens (including phenoxy) is 1. The fraction of sp³-hybridized carbons (Fsp3) is 0.100. The number of sulfone groups is 1. The number of pyridine rings is 1. The Kier molecular flexibility index (Phi) is 5.67. The van der Waals surface area contributed by atoms with Crippen molar-refractivity contribution >= 4 is 33.0 Å². The Morgan fingerprint density at radius 3 is 2.39 bits per heavy atom. The van der Waals surface area contributed by atoms with E-state index in [4.69, 9.17) is 16.3 Å². The summed E-state index contributed by atoms with van der Waals surface area (Å²) in [6.07, 6.45) is 1.22. The van der Waals surface area contributed by atoms with E-state index in [1.54, 1.807) is 30.3 Å². The summed E-state index contributed by atoms with van der Waals surface area (Å²) < 4.78 is 30.5. The van der Waals surface area contributed by atoms with Gasteiger partial charge in [0.15, 0.2) is 5.03 Å². The molecule has 0 aliphatic carbocycles. The van der Waals surface area contributed by atoms with Crippen LogP contribution in [-0.4, -0.2) is 26.4 Å². The molecule has 1 N–H and O–H groups in total. The maximum absolute atomic E-state index is 12.6. The molecule has 8 heteroatoms. The van der Waals surface area contributed by atoms with Crippen LogP contribution in [0.25, 0.3) is 0 Å². The molecule has 3 rings (SSSR count). The molecular weight excluding hydrogens is 400 g/mol. The predicted molar refractivity (Wildman–Crippen MR) is 107 cm³/mol. The number of nitrogens with one attached hydrogen (secondary N) is 1. The first-order chi connectivity index (χ1) is 13.3. The molecule has 2 aromatic carbocycles. The summed E-state index contributed by atoms with van der Waals surface area (Å²) in [6, 6.07) is 14.0. The van der Waals surface area contributed by atoms with Crippen molar-refractivity contribution in [1.82, 2.24) is 4.98 Å². The lowest BCUT2D eigenvalue weighted by Crippen LogP contribution is -2.14. The Balaban J connectivity index is 1.83. The summed E-state index contributed by atoms with van der Waals surface area (Å²) in [4.78, 5) is 16.6. The molecule has 0 atom stereocenters. The average molecular weight is 417 g/mol. The van der Waals surface area contributed by atoms with Gasteiger partial charge >= 0.3 is 0 Å². The molecule has 0 unspecified atom stereocenters. The van der Waals surface area contributed by atoms with Gasteiger partial charge in [-0.15, -0.1) is 0 Å². The van der Waals surface area contributed by atoms with Crippen LogP contribution in [-0.2, 0) is 9.84 Å². The van der Waals surface area contributed by atoms with Gasteiger partial charge in [0.1, 0.15) is 5.75 Å². The fourth-order valence-electron chi connectivity index (χ4n) is 2.48.